The van der Waals surface area contributed by atoms with Crippen LogP contribution in [0.3, 0.4) is 0 Å². The maximum atomic E-state index is 13.9. The van der Waals surface area contributed by atoms with Crippen LogP contribution in [0.25, 0.3) is 11.3 Å². The van der Waals surface area contributed by atoms with Crippen LogP contribution >= 0.6 is 0 Å². The smallest absolute Gasteiger partial charge is 0.225 e. The first-order valence-corrected chi connectivity index (χ1v) is 10.1. The Morgan fingerprint density at radius 1 is 0.906 bits per heavy atom. The van der Waals surface area contributed by atoms with Gasteiger partial charge in [0.1, 0.15) is 29.0 Å². The Morgan fingerprint density at radius 2 is 1.62 bits per heavy atom. The number of rotatable bonds is 7. The fraction of sp³-hybridized carbons (Fsp3) is 0.120. The number of nitrogens with one attached hydrogen (secondary N) is 1. The Balaban J connectivity index is 1.58. The molecule has 0 saturated carbocycles. The molecule has 1 N–H and O–H groups in total. The highest BCUT2D eigenvalue weighted by Gasteiger charge is 2.17. The van der Waals surface area contributed by atoms with Gasteiger partial charge in [0.2, 0.25) is 5.91 Å². The van der Waals surface area contributed by atoms with Crippen molar-refractivity contribution in [3.8, 4) is 11.3 Å². The summed E-state index contributed by atoms with van der Waals surface area (Å²) in [6.07, 6.45) is 1.61. The van der Waals surface area contributed by atoms with Gasteiger partial charge in [0, 0.05) is 12.0 Å². The van der Waals surface area contributed by atoms with Gasteiger partial charge in [0.05, 0.1) is 12.9 Å². The lowest BCUT2D eigenvalue weighted by atomic mass is 10.1. The zero-order valence-electron chi connectivity index (χ0n) is 17.1. The molecular weight excluding hydrogens is 415 g/mol. The number of amides is 1. The Bertz CT molecular complexity index is 1220. The third kappa shape index (κ3) is 5.06. The standard InChI is InChI=1S/C25H20F3N3O/c26-20-9-6-18(7-10-20)24-25(31(16-29-24)15-17-4-2-1-3-5-17)30-23(32)13-8-19-14-21(27)11-12-22(19)28/h1-7,9-12,14,16H,8,13,15H2,(H,30,32). The van der Waals surface area contributed by atoms with Crippen LogP contribution in [-0.4, -0.2) is 15.5 Å². The molecule has 1 aromatic heterocycles. The van der Waals surface area contributed by atoms with E-state index in [1.54, 1.807) is 23.0 Å². The minimum atomic E-state index is -0.555. The molecule has 0 unspecified atom stereocenters. The van der Waals surface area contributed by atoms with E-state index in [9.17, 15) is 18.0 Å². The monoisotopic (exact) mass is 435 g/mol. The number of nitrogens with zero attached hydrogens (tertiary/aromatic N) is 2. The van der Waals surface area contributed by atoms with Crippen LogP contribution in [0.2, 0.25) is 0 Å². The summed E-state index contributed by atoms with van der Waals surface area (Å²) in [4.78, 5) is 17.1. The van der Waals surface area contributed by atoms with Crippen molar-refractivity contribution in [3.05, 3.63) is 108 Å². The molecule has 7 heteroatoms. The number of carbonyl (C=O) groups excluding carboxylic acids is 1. The molecule has 1 amide bonds. The van der Waals surface area contributed by atoms with E-state index < -0.39 is 11.6 Å². The zero-order valence-corrected chi connectivity index (χ0v) is 17.1. The van der Waals surface area contributed by atoms with Crippen LogP contribution in [0.15, 0.2) is 79.1 Å². The van der Waals surface area contributed by atoms with E-state index in [1.165, 1.54) is 12.1 Å². The third-order valence-corrected chi connectivity index (χ3v) is 5.04. The number of hydrogen-bond acceptors (Lipinski definition) is 2. The van der Waals surface area contributed by atoms with Crippen LogP contribution in [0.1, 0.15) is 17.5 Å². The molecular formula is C25H20F3N3O. The molecule has 0 atom stereocenters. The molecule has 0 bridgehead atoms. The maximum absolute atomic E-state index is 13.9. The Kier molecular flexibility index (Phi) is 6.35. The molecule has 1 heterocycles. The first-order valence-electron chi connectivity index (χ1n) is 10.1. The number of aryl methyl sites for hydroxylation is 1. The summed E-state index contributed by atoms with van der Waals surface area (Å²) in [7, 11) is 0. The van der Waals surface area contributed by atoms with Gasteiger partial charge < -0.3 is 9.88 Å². The first-order chi connectivity index (χ1) is 15.5. The van der Waals surface area contributed by atoms with Crippen molar-refractivity contribution in [1.29, 1.82) is 0 Å². The predicted molar refractivity (Wildman–Crippen MR) is 116 cm³/mol. The summed E-state index contributed by atoms with van der Waals surface area (Å²) in [6, 6.07) is 18.6. The molecule has 4 aromatic rings. The largest absolute Gasteiger partial charge is 0.312 e. The molecule has 0 aliphatic rings. The number of aromatic nitrogens is 2. The number of halogens is 3. The SMILES string of the molecule is O=C(CCc1cc(F)ccc1F)Nc1c(-c2ccc(F)cc2)ncn1Cc1ccccc1. The van der Waals surface area contributed by atoms with Gasteiger partial charge in [-0.25, -0.2) is 18.2 Å². The van der Waals surface area contributed by atoms with E-state index in [-0.39, 0.29) is 30.1 Å². The normalized spacial score (nSPS) is 10.8. The molecule has 0 aliphatic carbocycles. The van der Waals surface area contributed by atoms with Gasteiger partial charge in [0.25, 0.3) is 0 Å². The average Bonchev–Trinajstić information content (AvgIpc) is 3.17. The predicted octanol–water partition coefficient (Wildman–Crippen LogP) is 5.59. The summed E-state index contributed by atoms with van der Waals surface area (Å²) in [5.74, 6) is -1.40. The van der Waals surface area contributed by atoms with Gasteiger partial charge in [-0.1, -0.05) is 30.3 Å². The number of imidazole rings is 1. The molecule has 4 nitrogen and oxygen atoms in total. The second-order valence-electron chi connectivity index (χ2n) is 7.35. The van der Waals surface area contributed by atoms with E-state index >= 15 is 0 Å². The lowest BCUT2D eigenvalue weighted by Crippen LogP contribution is -2.16. The molecule has 32 heavy (non-hydrogen) atoms. The van der Waals surface area contributed by atoms with Crippen LogP contribution in [0, 0.1) is 17.5 Å². The van der Waals surface area contributed by atoms with Crippen LogP contribution in [-0.2, 0) is 17.8 Å². The molecule has 0 aliphatic heterocycles. The average molecular weight is 435 g/mol. The topological polar surface area (TPSA) is 46.9 Å². The van der Waals surface area contributed by atoms with E-state index in [0.717, 1.165) is 23.8 Å². The zero-order chi connectivity index (χ0) is 22.5. The van der Waals surface area contributed by atoms with Crippen molar-refractivity contribution in [3.63, 3.8) is 0 Å². The fourth-order valence-electron chi connectivity index (χ4n) is 3.41. The van der Waals surface area contributed by atoms with Crippen molar-refractivity contribution in [2.24, 2.45) is 0 Å². The number of carbonyl (C=O) groups is 1. The summed E-state index contributed by atoms with van der Waals surface area (Å²) < 4.78 is 42.4. The summed E-state index contributed by atoms with van der Waals surface area (Å²) in [5.41, 5.74) is 2.28. The van der Waals surface area contributed by atoms with Crippen LogP contribution < -0.4 is 5.32 Å². The summed E-state index contributed by atoms with van der Waals surface area (Å²) in [6.45, 7) is 0.461. The maximum Gasteiger partial charge on any atom is 0.225 e. The van der Waals surface area contributed by atoms with E-state index in [2.05, 4.69) is 10.3 Å². The molecule has 0 fully saturated rings. The number of anilines is 1. The van der Waals surface area contributed by atoms with Gasteiger partial charge >= 0.3 is 0 Å². The van der Waals surface area contributed by atoms with Crippen molar-refractivity contribution < 1.29 is 18.0 Å². The second-order valence-corrected chi connectivity index (χ2v) is 7.35. The lowest BCUT2D eigenvalue weighted by molar-refractivity contribution is -0.116. The molecule has 0 spiro atoms. The minimum absolute atomic E-state index is 0.0419. The van der Waals surface area contributed by atoms with Gasteiger partial charge in [-0.2, -0.15) is 0 Å². The van der Waals surface area contributed by atoms with Gasteiger partial charge in [-0.3, -0.25) is 4.79 Å². The van der Waals surface area contributed by atoms with Crippen molar-refractivity contribution in [2.75, 3.05) is 5.32 Å². The molecule has 162 valence electrons. The van der Waals surface area contributed by atoms with E-state index in [0.29, 0.717) is 23.6 Å². The van der Waals surface area contributed by atoms with Gasteiger partial charge in [0.15, 0.2) is 0 Å². The Hall–Kier alpha value is -3.87. The van der Waals surface area contributed by atoms with E-state index in [4.69, 9.17) is 0 Å². The van der Waals surface area contributed by atoms with Crippen LogP contribution in [0.5, 0.6) is 0 Å². The molecule has 3 aromatic carbocycles. The summed E-state index contributed by atoms with van der Waals surface area (Å²) in [5, 5.41) is 2.85. The lowest BCUT2D eigenvalue weighted by Gasteiger charge is -2.12. The molecule has 4 rings (SSSR count). The Labute approximate surface area is 183 Å². The summed E-state index contributed by atoms with van der Waals surface area (Å²) >= 11 is 0. The van der Waals surface area contributed by atoms with Gasteiger partial charge in [-0.15, -0.1) is 0 Å². The second kappa shape index (κ2) is 9.51. The number of hydrogen-bond donors (Lipinski definition) is 1. The highest BCUT2D eigenvalue weighted by atomic mass is 19.1. The minimum Gasteiger partial charge on any atom is -0.312 e. The molecule has 0 saturated heterocycles. The third-order valence-electron chi connectivity index (χ3n) is 5.04. The van der Waals surface area contributed by atoms with Crippen molar-refractivity contribution in [1.82, 2.24) is 9.55 Å². The van der Waals surface area contributed by atoms with Crippen molar-refractivity contribution in [2.45, 2.75) is 19.4 Å². The van der Waals surface area contributed by atoms with Gasteiger partial charge in [-0.05, 0) is 60.0 Å². The van der Waals surface area contributed by atoms with E-state index in [1.807, 2.05) is 30.3 Å². The van der Waals surface area contributed by atoms with Crippen LogP contribution in [0.4, 0.5) is 19.0 Å². The number of benzene rings is 3. The fourth-order valence-corrected chi connectivity index (χ4v) is 3.41. The highest BCUT2D eigenvalue weighted by Crippen LogP contribution is 2.28. The quantitative estimate of drug-likeness (QED) is 0.412. The van der Waals surface area contributed by atoms with Crippen molar-refractivity contribution >= 4 is 11.7 Å². The highest BCUT2D eigenvalue weighted by molar-refractivity contribution is 5.93. The molecule has 0 radical (unpaired) electrons. The first kappa shape index (κ1) is 21.4. The Morgan fingerprint density at radius 3 is 2.38 bits per heavy atom.